The van der Waals surface area contributed by atoms with Gasteiger partial charge in [0.05, 0.1) is 5.92 Å². The van der Waals surface area contributed by atoms with E-state index in [0.717, 1.165) is 31.4 Å². The van der Waals surface area contributed by atoms with E-state index in [1.54, 1.807) is 0 Å². The summed E-state index contributed by atoms with van der Waals surface area (Å²) in [5.41, 5.74) is 2.26. The van der Waals surface area contributed by atoms with Crippen molar-refractivity contribution in [3.05, 3.63) is 35.7 Å². The molecule has 0 spiro atoms. The quantitative estimate of drug-likeness (QED) is 0.810. The average Bonchev–Trinajstić information content (AvgIpc) is 3.12. The van der Waals surface area contributed by atoms with Crippen molar-refractivity contribution >= 4 is 5.91 Å². The van der Waals surface area contributed by atoms with E-state index in [2.05, 4.69) is 36.1 Å². The van der Waals surface area contributed by atoms with Gasteiger partial charge in [0, 0.05) is 25.1 Å². The summed E-state index contributed by atoms with van der Waals surface area (Å²) in [6, 6.07) is 8.31. The Hall–Kier alpha value is -2.17. The molecule has 2 heterocycles. The van der Waals surface area contributed by atoms with Crippen molar-refractivity contribution in [1.82, 2.24) is 15.0 Å². The highest BCUT2D eigenvalue weighted by atomic mass is 16.5. The van der Waals surface area contributed by atoms with Crippen LogP contribution in [0.15, 0.2) is 28.8 Å². The normalized spacial score (nSPS) is 17.9. The molecular formula is C20H27N3O2. The summed E-state index contributed by atoms with van der Waals surface area (Å²) in [4.78, 5) is 18.7. The van der Waals surface area contributed by atoms with Crippen molar-refractivity contribution < 1.29 is 9.32 Å². The lowest BCUT2D eigenvalue weighted by atomic mass is 9.97. The summed E-state index contributed by atoms with van der Waals surface area (Å²) in [5, 5.41) is 4.15. The summed E-state index contributed by atoms with van der Waals surface area (Å²) in [7, 11) is 0. The molecular weight excluding hydrogens is 314 g/mol. The topological polar surface area (TPSA) is 59.2 Å². The van der Waals surface area contributed by atoms with Gasteiger partial charge in [0.25, 0.3) is 0 Å². The molecule has 0 unspecified atom stereocenters. The number of piperidine rings is 1. The lowest BCUT2D eigenvalue weighted by molar-refractivity contribution is -0.132. The Kier molecular flexibility index (Phi) is 5.51. The number of rotatable bonds is 5. The number of aromatic nitrogens is 2. The second-order valence-electron chi connectivity index (χ2n) is 7.16. The lowest BCUT2D eigenvalue weighted by Gasteiger charge is -2.31. The van der Waals surface area contributed by atoms with Gasteiger partial charge in [-0.15, -0.1) is 0 Å². The van der Waals surface area contributed by atoms with Gasteiger partial charge in [0.1, 0.15) is 0 Å². The number of carbonyl (C=O) groups is 1. The van der Waals surface area contributed by atoms with Crippen molar-refractivity contribution in [1.29, 1.82) is 0 Å². The smallest absolute Gasteiger partial charge is 0.231 e. The van der Waals surface area contributed by atoms with Gasteiger partial charge in [-0.3, -0.25) is 4.79 Å². The number of likely N-dealkylation sites (tertiary alicyclic amines) is 1. The molecule has 5 nitrogen and oxygen atoms in total. The molecule has 2 aromatic rings. The zero-order chi connectivity index (χ0) is 17.8. The van der Waals surface area contributed by atoms with Crippen LogP contribution in [0.25, 0.3) is 11.4 Å². The Morgan fingerprint density at radius 3 is 2.76 bits per heavy atom. The molecule has 0 aliphatic carbocycles. The number of benzene rings is 1. The number of hydrogen-bond acceptors (Lipinski definition) is 4. The van der Waals surface area contributed by atoms with E-state index in [1.165, 1.54) is 5.56 Å². The molecule has 0 bridgehead atoms. The number of carbonyl (C=O) groups excluding carboxylic acids is 1. The molecule has 1 aromatic carbocycles. The molecule has 0 N–H and O–H groups in total. The largest absolute Gasteiger partial charge is 0.342 e. The Morgan fingerprint density at radius 2 is 2.08 bits per heavy atom. The zero-order valence-electron chi connectivity index (χ0n) is 15.4. The predicted molar refractivity (Wildman–Crippen MR) is 97.3 cm³/mol. The molecule has 25 heavy (non-hydrogen) atoms. The molecule has 1 atom stereocenters. The molecule has 1 aromatic heterocycles. The van der Waals surface area contributed by atoms with Gasteiger partial charge in [-0.2, -0.15) is 4.98 Å². The molecule has 1 aliphatic rings. The van der Waals surface area contributed by atoms with Crippen LogP contribution in [0, 0.1) is 0 Å². The van der Waals surface area contributed by atoms with Gasteiger partial charge in [-0.05, 0) is 30.7 Å². The van der Waals surface area contributed by atoms with Crippen molar-refractivity contribution in [3.8, 4) is 11.4 Å². The summed E-state index contributed by atoms with van der Waals surface area (Å²) in [6.07, 6.45) is 3.48. The highest BCUT2D eigenvalue weighted by Crippen LogP contribution is 2.28. The first kappa shape index (κ1) is 17.6. The standard InChI is InChI=1S/C20H27N3O2/c1-4-6-18(24)23-12-5-7-17(13-23)20-21-19(22-25-20)16-10-8-15(9-11-16)14(2)3/h8-11,14,17H,4-7,12-13H2,1-3H3/t17-/m1/s1. The molecule has 1 aliphatic heterocycles. The fourth-order valence-corrected chi connectivity index (χ4v) is 3.31. The summed E-state index contributed by atoms with van der Waals surface area (Å²) in [6.45, 7) is 7.92. The maximum absolute atomic E-state index is 12.1. The lowest BCUT2D eigenvalue weighted by Crippen LogP contribution is -2.39. The summed E-state index contributed by atoms with van der Waals surface area (Å²) >= 11 is 0. The van der Waals surface area contributed by atoms with Gasteiger partial charge in [-0.1, -0.05) is 50.2 Å². The van der Waals surface area contributed by atoms with Crippen LogP contribution in [-0.2, 0) is 4.79 Å². The van der Waals surface area contributed by atoms with Crippen LogP contribution in [0.4, 0.5) is 0 Å². The fourth-order valence-electron chi connectivity index (χ4n) is 3.31. The van der Waals surface area contributed by atoms with Crippen LogP contribution in [0.2, 0.25) is 0 Å². The Bertz CT molecular complexity index is 706. The van der Waals surface area contributed by atoms with Gasteiger partial charge < -0.3 is 9.42 Å². The van der Waals surface area contributed by atoms with Gasteiger partial charge in [0.2, 0.25) is 17.6 Å². The number of amides is 1. The minimum atomic E-state index is 0.144. The third-order valence-electron chi connectivity index (χ3n) is 4.86. The molecule has 1 fully saturated rings. The van der Waals surface area contributed by atoms with E-state index in [-0.39, 0.29) is 11.8 Å². The van der Waals surface area contributed by atoms with E-state index in [9.17, 15) is 4.79 Å². The van der Waals surface area contributed by atoms with Crippen molar-refractivity contribution in [2.75, 3.05) is 13.1 Å². The second kappa shape index (κ2) is 7.81. The maximum Gasteiger partial charge on any atom is 0.231 e. The molecule has 0 saturated carbocycles. The highest BCUT2D eigenvalue weighted by molar-refractivity contribution is 5.76. The fraction of sp³-hybridized carbons (Fsp3) is 0.550. The monoisotopic (exact) mass is 341 g/mol. The summed E-state index contributed by atoms with van der Waals surface area (Å²) < 4.78 is 5.53. The molecule has 134 valence electrons. The average molecular weight is 341 g/mol. The van der Waals surface area contributed by atoms with Crippen LogP contribution in [0.1, 0.15) is 69.7 Å². The van der Waals surface area contributed by atoms with Crippen molar-refractivity contribution in [2.24, 2.45) is 0 Å². The first-order chi connectivity index (χ1) is 12.1. The van der Waals surface area contributed by atoms with Crippen molar-refractivity contribution in [3.63, 3.8) is 0 Å². The van der Waals surface area contributed by atoms with Gasteiger partial charge >= 0.3 is 0 Å². The second-order valence-corrected chi connectivity index (χ2v) is 7.16. The first-order valence-electron chi connectivity index (χ1n) is 9.30. The molecule has 0 radical (unpaired) electrons. The van der Waals surface area contributed by atoms with Crippen LogP contribution in [0.3, 0.4) is 0 Å². The van der Waals surface area contributed by atoms with E-state index < -0.39 is 0 Å². The Morgan fingerprint density at radius 1 is 1.32 bits per heavy atom. The summed E-state index contributed by atoms with van der Waals surface area (Å²) in [5.74, 6) is 2.16. The van der Waals surface area contributed by atoms with E-state index in [1.807, 2.05) is 24.0 Å². The molecule has 1 amide bonds. The van der Waals surface area contributed by atoms with E-state index in [4.69, 9.17) is 4.52 Å². The van der Waals surface area contributed by atoms with E-state index in [0.29, 0.717) is 30.6 Å². The molecule has 5 heteroatoms. The molecule has 1 saturated heterocycles. The predicted octanol–water partition coefficient (Wildman–Crippen LogP) is 4.37. The zero-order valence-corrected chi connectivity index (χ0v) is 15.4. The third-order valence-corrected chi connectivity index (χ3v) is 4.86. The van der Waals surface area contributed by atoms with Crippen molar-refractivity contribution in [2.45, 2.75) is 58.3 Å². The highest BCUT2D eigenvalue weighted by Gasteiger charge is 2.28. The van der Waals surface area contributed by atoms with Gasteiger partial charge in [-0.25, -0.2) is 0 Å². The van der Waals surface area contributed by atoms with Crippen LogP contribution < -0.4 is 0 Å². The number of nitrogens with zero attached hydrogens (tertiary/aromatic N) is 3. The van der Waals surface area contributed by atoms with Crippen LogP contribution >= 0.6 is 0 Å². The molecule has 3 rings (SSSR count). The SMILES string of the molecule is CCCC(=O)N1CCC[C@@H](c2nc(-c3ccc(C(C)C)cc3)no2)C1. The van der Waals surface area contributed by atoms with Crippen LogP contribution in [0.5, 0.6) is 0 Å². The minimum absolute atomic E-state index is 0.144. The third kappa shape index (κ3) is 4.09. The Labute approximate surface area is 149 Å². The number of hydrogen-bond donors (Lipinski definition) is 0. The van der Waals surface area contributed by atoms with Gasteiger partial charge in [0.15, 0.2) is 0 Å². The first-order valence-corrected chi connectivity index (χ1v) is 9.30. The maximum atomic E-state index is 12.1. The van der Waals surface area contributed by atoms with Crippen LogP contribution in [-0.4, -0.2) is 34.0 Å². The Balaban J connectivity index is 1.71. The van der Waals surface area contributed by atoms with E-state index >= 15 is 0 Å². The minimum Gasteiger partial charge on any atom is -0.342 e.